The monoisotopic (exact) mass is 447 g/mol. The van der Waals surface area contributed by atoms with Crippen molar-refractivity contribution >= 4 is 54.2 Å². The van der Waals surface area contributed by atoms with Gasteiger partial charge in [0.1, 0.15) is 5.75 Å². The molecule has 5 heteroatoms. The van der Waals surface area contributed by atoms with Crippen molar-refractivity contribution in [2.75, 3.05) is 5.32 Å². The van der Waals surface area contributed by atoms with E-state index in [0.717, 1.165) is 25.4 Å². The van der Waals surface area contributed by atoms with Crippen LogP contribution in [0.5, 0.6) is 5.75 Å². The van der Waals surface area contributed by atoms with E-state index in [9.17, 15) is 4.79 Å². The summed E-state index contributed by atoms with van der Waals surface area (Å²) in [6, 6.07) is 19.4. The molecule has 1 amide bonds. The largest absolute Gasteiger partial charge is 0.480 e. The molecular weight excluding hydrogens is 434 g/mol. The molecule has 1 unspecified atom stereocenters. The topological polar surface area (TPSA) is 38.3 Å². The van der Waals surface area contributed by atoms with Crippen molar-refractivity contribution in [1.29, 1.82) is 0 Å². The van der Waals surface area contributed by atoms with E-state index in [1.54, 1.807) is 6.92 Å². The summed E-state index contributed by atoms with van der Waals surface area (Å²) < 4.78 is 7.48. The van der Waals surface area contributed by atoms with Crippen molar-refractivity contribution in [2.45, 2.75) is 13.0 Å². The molecule has 0 aliphatic heterocycles. The Kier molecular flexibility index (Phi) is 5.21. The zero-order valence-electron chi connectivity index (χ0n) is 12.9. The second-order valence-corrected chi connectivity index (χ2v) is 7.16. The quantitative estimate of drug-likeness (QED) is 0.550. The van der Waals surface area contributed by atoms with Crippen LogP contribution in [-0.4, -0.2) is 12.0 Å². The first-order valence-corrected chi connectivity index (χ1v) is 9.03. The number of anilines is 1. The highest BCUT2D eigenvalue weighted by molar-refractivity contribution is 9.11. The smallest absolute Gasteiger partial charge is 0.265 e. The second-order valence-electron chi connectivity index (χ2n) is 5.39. The third-order valence-corrected chi connectivity index (χ3v) is 4.70. The molecule has 24 heavy (non-hydrogen) atoms. The third-order valence-electron chi connectivity index (χ3n) is 3.58. The van der Waals surface area contributed by atoms with Crippen molar-refractivity contribution in [3.63, 3.8) is 0 Å². The van der Waals surface area contributed by atoms with Crippen molar-refractivity contribution in [2.24, 2.45) is 0 Å². The number of amides is 1. The highest BCUT2D eigenvalue weighted by Crippen LogP contribution is 2.29. The normalized spacial score (nSPS) is 12.0. The van der Waals surface area contributed by atoms with Gasteiger partial charge in [0.25, 0.3) is 5.91 Å². The van der Waals surface area contributed by atoms with Crippen LogP contribution in [0.2, 0.25) is 0 Å². The van der Waals surface area contributed by atoms with Gasteiger partial charge in [-0.15, -0.1) is 0 Å². The van der Waals surface area contributed by atoms with Crippen LogP contribution in [0.25, 0.3) is 10.8 Å². The van der Waals surface area contributed by atoms with Gasteiger partial charge in [-0.25, -0.2) is 0 Å². The van der Waals surface area contributed by atoms with Gasteiger partial charge in [-0.2, -0.15) is 0 Å². The lowest BCUT2D eigenvalue weighted by Crippen LogP contribution is -2.30. The zero-order chi connectivity index (χ0) is 17.1. The van der Waals surface area contributed by atoms with Crippen LogP contribution >= 0.6 is 31.9 Å². The molecule has 3 nitrogen and oxygen atoms in total. The lowest BCUT2D eigenvalue weighted by Gasteiger charge is -2.16. The van der Waals surface area contributed by atoms with Crippen LogP contribution in [0.15, 0.2) is 69.6 Å². The Hall–Kier alpha value is -1.85. The van der Waals surface area contributed by atoms with Crippen molar-refractivity contribution in [1.82, 2.24) is 0 Å². The van der Waals surface area contributed by atoms with E-state index in [1.807, 2.05) is 60.7 Å². The fourth-order valence-electron chi connectivity index (χ4n) is 2.33. The Morgan fingerprint density at radius 1 is 1.00 bits per heavy atom. The van der Waals surface area contributed by atoms with E-state index < -0.39 is 6.10 Å². The van der Waals surface area contributed by atoms with E-state index >= 15 is 0 Å². The molecule has 0 aromatic heterocycles. The Morgan fingerprint density at radius 3 is 2.50 bits per heavy atom. The Labute approximate surface area is 157 Å². The molecular formula is C19H15Br2NO2. The molecule has 3 aromatic carbocycles. The molecule has 0 spiro atoms. The first-order valence-electron chi connectivity index (χ1n) is 7.44. The lowest BCUT2D eigenvalue weighted by molar-refractivity contribution is -0.122. The SMILES string of the molecule is CC(Oc1ccc(Br)cc1Br)C(=O)Nc1ccc2ccccc2c1. The van der Waals surface area contributed by atoms with Gasteiger partial charge in [0.05, 0.1) is 4.47 Å². The van der Waals surface area contributed by atoms with E-state index in [-0.39, 0.29) is 5.91 Å². The number of hydrogen-bond donors (Lipinski definition) is 1. The Balaban J connectivity index is 1.70. The summed E-state index contributed by atoms with van der Waals surface area (Å²) in [4.78, 5) is 12.4. The molecule has 122 valence electrons. The van der Waals surface area contributed by atoms with E-state index in [4.69, 9.17) is 4.74 Å². The van der Waals surface area contributed by atoms with Gasteiger partial charge in [-0.05, 0) is 64.0 Å². The maximum atomic E-state index is 12.4. The highest BCUT2D eigenvalue weighted by Gasteiger charge is 2.16. The number of nitrogens with one attached hydrogen (secondary N) is 1. The number of hydrogen-bond acceptors (Lipinski definition) is 2. The number of fused-ring (bicyclic) bond motifs is 1. The summed E-state index contributed by atoms with van der Waals surface area (Å²) >= 11 is 6.82. The first-order chi connectivity index (χ1) is 11.5. The second kappa shape index (κ2) is 7.36. The minimum absolute atomic E-state index is 0.194. The van der Waals surface area contributed by atoms with Gasteiger partial charge < -0.3 is 10.1 Å². The molecule has 0 aliphatic carbocycles. The van der Waals surface area contributed by atoms with Crippen LogP contribution in [0.1, 0.15) is 6.92 Å². The molecule has 0 fully saturated rings. The number of carbonyl (C=O) groups excluding carboxylic acids is 1. The maximum Gasteiger partial charge on any atom is 0.265 e. The van der Waals surface area contributed by atoms with E-state index in [1.165, 1.54) is 0 Å². The van der Waals surface area contributed by atoms with Crippen molar-refractivity contribution in [3.8, 4) is 5.75 Å². The summed E-state index contributed by atoms with van der Waals surface area (Å²) in [6.07, 6.45) is -0.617. The molecule has 0 saturated heterocycles. The van der Waals surface area contributed by atoms with Crippen LogP contribution in [0, 0.1) is 0 Å². The van der Waals surface area contributed by atoms with Crippen molar-refractivity contribution in [3.05, 3.63) is 69.6 Å². The summed E-state index contributed by atoms with van der Waals surface area (Å²) in [6.45, 7) is 1.73. The molecule has 3 aromatic rings. The van der Waals surface area contributed by atoms with Crippen molar-refractivity contribution < 1.29 is 9.53 Å². The fourth-order valence-corrected chi connectivity index (χ4v) is 3.47. The molecule has 1 atom stereocenters. The van der Waals surface area contributed by atoms with Gasteiger partial charge >= 0.3 is 0 Å². The first kappa shape index (κ1) is 17.0. The van der Waals surface area contributed by atoms with E-state index in [2.05, 4.69) is 37.2 Å². The molecule has 0 saturated carbocycles. The van der Waals surface area contributed by atoms with Gasteiger partial charge in [0.2, 0.25) is 0 Å². The molecule has 1 N–H and O–H groups in total. The lowest BCUT2D eigenvalue weighted by atomic mass is 10.1. The van der Waals surface area contributed by atoms with Crippen LogP contribution in [0.4, 0.5) is 5.69 Å². The number of rotatable bonds is 4. The predicted molar refractivity (Wildman–Crippen MR) is 105 cm³/mol. The molecule has 0 aliphatic rings. The maximum absolute atomic E-state index is 12.4. The predicted octanol–water partition coefficient (Wildman–Crippen LogP) is 5.77. The number of benzene rings is 3. The minimum Gasteiger partial charge on any atom is -0.480 e. The summed E-state index contributed by atoms with van der Waals surface area (Å²) in [5.41, 5.74) is 0.754. The van der Waals surface area contributed by atoms with Crippen LogP contribution in [0.3, 0.4) is 0 Å². The van der Waals surface area contributed by atoms with Gasteiger partial charge in [-0.1, -0.05) is 46.3 Å². The Bertz CT molecular complexity index is 895. The van der Waals surface area contributed by atoms with Gasteiger partial charge in [0.15, 0.2) is 6.10 Å². The number of carbonyl (C=O) groups is 1. The van der Waals surface area contributed by atoms with Crippen LogP contribution < -0.4 is 10.1 Å². The number of ether oxygens (including phenoxy) is 1. The average Bonchev–Trinajstić information content (AvgIpc) is 2.57. The average molecular weight is 449 g/mol. The highest BCUT2D eigenvalue weighted by atomic mass is 79.9. The Morgan fingerprint density at radius 2 is 1.75 bits per heavy atom. The molecule has 3 rings (SSSR count). The third kappa shape index (κ3) is 3.97. The summed E-state index contributed by atoms with van der Waals surface area (Å²) in [5.74, 6) is 0.430. The molecule has 0 heterocycles. The van der Waals surface area contributed by atoms with E-state index in [0.29, 0.717) is 5.75 Å². The molecule has 0 radical (unpaired) electrons. The van der Waals surface area contributed by atoms with Crippen LogP contribution in [-0.2, 0) is 4.79 Å². The summed E-state index contributed by atoms with van der Waals surface area (Å²) in [5, 5.41) is 5.12. The summed E-state index contributed by atoms with van der Waals surface area (Å²) in [7, 11) is 0. The number of halogens is 2. The fraction of sp³-hybridized carbons (Fsp3) is 0.105. The minimum atomic E-state index is -0.617. The van der Waals surface area contributed by atoms with Gasteiger partial charge in [-0.3, -0.25) is 4.79 Å². The molecule has 0 bridgehead atoms. The van der Waals surface area contributed by atoms with Gasteiger partial charge in [0, 0.05) is 10.2 Å². The standard InChI is InChI=1S/C19H15Br2NO2/c1-12(24-18-9-7-15(20)11-17(18)21)19(23)22-16-8-6-13-4-2-3-5-14(13)10-16/h2-12H,1H3,(H,22,23). The zero-order valence-corrected chi connectivity index (χ0v) is 16.1.